The lowest BCUT2D eigenvalue weighted by atomic mass is 10.3. The summed E-state index contributed by atoms with van der Waals surface area (Å²) in [4.78, 5) is 2.28. The van der Waals surface area contributed by atoms with Gasteiger partial charge in [0.2, 0.25) is 0 Å². The average molecular weight is 173 g/mol. The van der Waals surface area contributed by atoms with Crippen LogP contribution in [0.3, 0.4) is 0 Å². The molecule has 1 saturated heterocycles. The molecule has 3 heteroatoms. The lowest BCUT2D eigenvalue weighted by Crippen LogP contribution is -2.17. The minimum Gasteiger partial charge on any atom is -0.368 e. The predicted molar refractivity (Wildman–Crippen MR) is 47.9 cm³/mol. The van der Waals surface area contributed by atoms with E-state index in [-0.39, 0.29) is 0 Å². The summed E-state index contributed by atoms with van der Waals surface area (Å²) in [7, 11) is 0. The van der Waals surface area contributed by atoms with Crippen LogP contribution in [0.2, 0.25) is 0 Å². The summed E-state index contributed by atoms with van der Waals surface area (Å²) in [6.07, 6.45) is 2.38. The molecule has 0 aromatic carbocycles. The second-order valence-corrected chi connectivity index (χ2v) is 3.31. The smallest absolute Gasteiger partial charge is 0.155 e. The van der Waals surface area contributed by atoms with Crippen LogP contribution in [0.4, 0.5) is 0 Å². The Balaban J connectivity index is 1.84. The van der Waals surface area contributed by atoms with Crippen molar-refractivity contribution in [3.05, 3.63) is 0 Å². The highest BCUT2D eigenvalue weighted by atomic mass is 16.6. The molecule has 1 N–H and O–H groups in total. The molecule has 1 aliphatic heterocycles. The lowest BCUT2D eigenvalue weighted by molar-refractivity contribution is -0.104. The number of aliphatic hydroxyl groups excluding tert-OH is 1. The highest BCUT2D eigenvalue weighted by Gasteiger charge is 2.17. The molecular formula is C9H19NO2. The van der Waals surface area contributed by atoms with E-state index in [2.05, 4.69) is 11.8 Å². The lowest BCUT2D eigenvalue weighted by Gasteiger charge is -2.11. The Labute approximate surface area is 74.3 Å². The first kappa shape index (κ1) is 9.96. The predicted octanol–water partition coefficient (Wildman–Crippen LogP) is 0.827. The third-order valence-electron chi connectivity index (χ3n) is 2.04. The molecule has 1 rings (SSSR count). The first-order chi connectivity index (χ1) is 5.83. The van der Waals surface area contributed by atoms with Gasteiger partial charge in [0.25, 0.3) is 0 Å². The van der Waals surface area contributed by atoms with Crippen molar-refractivity contribution in [2.24, 2.45) is 0 Å². The van der Waals surface area contributed by atoms with E-state index in [0.717, 1.165) is 25.8 Å². The summed E-state index contributed by atoms with van der Waals surface area (Å²) in [6.45, 7) is 6.18. The normalized spacial score (nSPS) is 19.5. The van der Waals surface area contributed by atoms with E-state index in [1.54, 1.807) is 0 Å². The molecule has 1 atom stereocenters. The molecule has 0 aliphatic carbocycles. The topological polar surface area (TPSA) is 32.5 Å². The highest BCUT2D eigenvalue weighted by Crippen LogP contribution is 2.06. The van der Waals surface area contributed by atoms with Crippen LogP contribution in [0.1, 0.15) is 26.2 Å². The number of unbranched alkanes of at least 4 members (excludes halogenated alkanes) is 1. The van der Waals surface area contributed by atoms with Gasteiger partial charge in [-0.1, -0.05) is 13.3 Å². The van der Waals surface area contributed by atoms with Gasteiger partial charge >= 0.3 is 0 Å². The first-order valence-electron chi connectivity index (χ1n) is 4.85. The molecule has 0 spiro atoms. The second kappa shape index (κ2) is 5.51. The van der Waals surface area contributed by atoms with Crippen molar-refractivity contribution in [1.29, 1.82) is 0 Å². The van der Waals surface area contributed by atoms with Gasteiger partial charge in [0, 0.05) is 32.7 Å². The van der Waals surface area contributed by atoms with Gasteiger partial charge in [-0.2, -0.15) is 0 Å². The van der Waals surface area contributed by atoms with Gasteiger partial charge in [0.15, 0.2) is 6.29 Å². The van der Waals surface area contributed by atoms with Crippen LogP contribution in [0.5, 0.6) is 0 Å². The maximum absolute atomic E-state index is 9.30. The van der Waals surface area contributed by atoms with Crippen LogP contribution < -0.4 is 0 Å². The third kappa shape index (κ3) is 4.70. The van der Waals surface area contributed by atoms with Crippen LogP contribution >= 0.6 is 0 Å². The van der Waals surface area contributed by atoms with E-state index in [1.807, 2.05) is 0 Å². The molecule has 0 radical (unpaired) electrons. The Morgan fingerprint density at radius 3 is 2.83 bits per heavy atom. The number of ether oxygens (including phenoxy) is 1. The standard InChI is InChI=1S/C9H19NO2/c1-2-3-8-12-9(11)4-5-10-6-7-10/h9,11H,2-8H2,1H3. The molecule has 1 aliphatic rings. The van der Waals surface area contributed by atoms with Gasteiger partial charge in [-0.15, -0.1) is 0 Å². The quantitative estimate of drug-likeness (QED) is 0.351. The summed E-state index contributed by atoms with van der Waals surface area (Å²) in [5, 5.41) is 9.30. The number of hydrogen-bond donors (Lipinski definition) is 1. The average Bonchev–Trinajstić information content (AvgIpc) is 2.84. The SMILES string of the molecule is CCCCOC(O)CCN1CC1. The summed E-state index contributed by atoms with van der Waals surface area (Å²) in [5.74, 6) is 0. The van der Waals surface area contributed by atoms with E-state index in [1.165, 1.54) is 13.1 Å². The molecule has 12 heavy (non-hydrogen) atoms. The highest BCUT2D eigenvalue weighted by molar-refractivity contribution is 4.71. The largest absolute Gasteiger partial charge is 0.368 e. The van der Waals surface area contributed by atoms with Crippen molar-refractivity contribution in [2.45, 2.75) is 32.5 Å². The van der Waals surface area contributed by atoms with Crippen molar-refractivity contribution in [3.8, 4) is 0 Å². The van der Waals surface area contributed by atoms with Gasteiger partial charge in [0.05, 0.1) is 0 Å². The molecule has 0 amide bonds. The fourth-order valence-corrected chi connectivity index (χ4v) is 1.03. The van der Waals surface area contributed by atoms with Crippen LogP contribution in [0.25, 0.3) is 0 Å². The van der Waals surface area contributed by atoms with Gasteiger partial charge < -0.3 is 14.7 Å². The number of rotatable bonds is 7. The molecule has 0 aromatic rings. The Morgan fingerprint density at radius 1 is 1.50 bits per heavy atom. The molecule has 0 bridgehead atoms. The Morgan fingerprint density at radius 2 is 2.25 bits per heavy atom. The molecule has 72 valence electrons. The van der Waals surface area contributed by atoms with Crippen molar-refractivity contribution >= 4 is 0 Å². The van der Waals surface area contributed by atoms with Crippen LogP contribution in [0.15, 0.2) is 0 Å². The molecule has 1 fully saturated rings. The van der Waals surface area contributed by atoms with Gasteiger partial charge in [-0.05, 0) is 6.42 Å². The van der Waals surface area contributed by atoms with E-state index < -0.39 is 6.29 Å². The fraction of sp³-hybridized carbons (Fsp3) is 1.00. The van der Waals surface area contributed by atoms with Crippen LogP contribution in [0, 0.1) is 0 Å². The van der Waals surface area contributed by atoms with E-state index >= 15 is 0 Å². The monoisotopic (exact) mass is 173 g/mol. The zero-order chi connectivity index (χ0) is 8.81. The van der Waals surface area contributed by atoms with Gasteiger partial charge in [0.1, 0.15) is 0 Å². The van der Waals surface area contributed by atoms with Crippen molar-refractivity contribution < 1.29 is 9.84 Å². The molecular weight excluding hydrogens is 154 g/mol. The van der Waals surface area contributed by atoms with Gasteiger partial charge in [-0.3, -0.25) is 0 Å². The number of aliphatic hydroxyl groups is 1. The summed E-state index contributed by atoms with van der Waals surface area (Å²) >= 11 is 0. The molecule has 0 saturated carbocycles. The Kier molecular flexibility index (Phi) is 4.58. The van der Waals surface area contributed by atoms with Gasteiger partial charge in [-0.25, -0.2) is 0 Å². The molecule has 1 heterocycles. The summed E-state index contributed by atoms with van der Waals surface area (Å²) in [5.41, 5.74) is 0. The number of nitrogens with zero attached hydrogens (tertiary/aromatic N) is 1. The molecule has 3 nitrogen and oxygen atoms in total. The van der Waals surface area contributed by atoms with Crippen molar-refractivity contribution in [1.82, 2.24) is 4.90 Å². The first-order valence-corrected chi connectivity index (χ1v) is 4.85. The molecule has 0 aromatic heterocycles. The minimum atomic E-state index is -0.544. The Hall–Kier alpha value is -0.120. The maximum Gasteiger partial charge on any atom is 0.155 e. The van der Waals surface area contributed by atoms with Crippen molar-refractivity contribution in [2.75, 3.05) is 26.2 Å². The fourth-order valence-electron chi connectivity index (χ4n) is 1.03. The maximum atomic E-state index is 9.30. The van der Waals surface area contributed by atoms with Crippen LogP contribution in [-0.2, 0) is 4.74 Å². The summed E-state index contributed by atoms with van der Waals surface area (Å²) in [6, 6.07) is 0. The van der Waals surface area contributed by atoms with E-state index in [9.17, 15) is 5.11 Å². The zero-order valence-corrected chi connectivity index (χ0v) is 7.83. The number of hydrogen-bond acceptors (Lipinski definition) is 3. The second-order valence-electron chi connectivity index (χ2n) is 3.31. The minimum absolute atomic E-state index is 0.544. The summed E-state index contributed by atoms with van der Waals surface area (Å²) < 4.78 is 5.19. The van der Waals surface area contributed by atoms with Crippen LogP contribution in [-0.4, -0.2) is 42.5 Å². The van der Waals surface area contributed by atoms with E-state index in [4.69, 9.17) is 4.74 Å². The molecule has 1 unspecified atom stereocenters. The Bertz CT molecular complexity index is 115. The zero-order valence-electron chi connectivity index (χ0n) is 7.83. The van der Waals surface area contributed by atoms with Crippen molar-refractivity contribution in [3.63, 3.8) is 0 Å². The third-order valence-corrected chi connectivity index (χ3v) is 2.04. The van der Waals surface area contributed by atoms with E-state index in [0.29, 0.717) is 6.61 Å².